The van der Waals surface area contributed by atoms with Gasteiger partial charge in [0, 0.05) is 4.90 Å². The maximum absolute atomic E-state index is 11.5. The van der Waals surface area contributed by atoms with E-state index in [-0.39, 0.29) is 11.7 Å². The van der Waals surface area contributed by atoms with Gasteiger partial charge in [0.2, 0.25) is 5.89 Å². The fourth-order valence-corrected chi connectivity index (χ4v) is 2.84. The van der Waals surface area contributed by atoms with Crippen molar-refractivity contribution in [2.45, 2.75) is 43.8 Å². The molecule has 0 saturated carbocycles. The quantitative estimate of drug-likeness (QED) is 0.758. The number of benzene rings is 1. The zero-order chi connectivity index (χ0) is 14.5. The fraction of sp³-hybridized carbons (Fsp3) is 0.400. The Morgan fingerprint density at radius 1 is 1.40 bits per heavy atom. The smallest absolute Gasteiger partial charge is 0.237 e. The minimum absolute atomic E-state index is 0.0641. The first-order valence-electron chi connectivity index (χ1n) is 6.63. The molecule has 106 valence electrons. The van der Waals surface area contributed by atoms with Gasteiger partial charge in [-0.3, -0.25) is 4.79 Å². The molecule has 1 atom stereocenters. The van der Waals surface area contributed by atoms with Gasteiger partial charge >= 0.3 is 0 Å². The van der Waals surface area contributed by atoms with Crippen molar-refractivity contribution in [3.63, 3.8) is 0 Å². The molecule has 0 N–H and O–H groups in total. The molecule has 0 bridgehead atoms. The second kappa shape index (κ2) is 6.70. The highest BCUT2D eigenvalue weighted by Gasteiger charge is 2.21. The molecule has 2 rings (SSSR count). The molecule has 1 aromatic carbocycles. The van der Waals surface area contributed by atoms with Crippen LogP contribution in [0, 0.1) is 6.92 Å². The largest absolute Gasteiger partial charge is 0.339 e. The normalized spacial score (nSPS) is 12.3. The molecule has 4 nitrogen and oxygen atoms in total. The van der Waals surface area contributed by atoms with Crippen LogP contribution in [0.5, 0.6) is 0 Å². The van der Waals surface area contributed by atoms with Crippen molar-refractivity contribution in [3.8, 4) is 0 Å². The molecule has 1 unspecified atom stereocenters. The lowest BCUT2D eigenvalue weighted by molar-refractivity contribution is -0.119. The van der Waals surface area contributed by atoms with Gasteiger partial charge in [0.1, 0.15) is 5.78 Å². The molecule has 5 heteroatoms. The third-order valence-electron chi connectivity index (χ3n) is 3.13. The lowest BCUT2D eigenvalue weighted by Crippen LogP contribution is -2.07. The minimum atomic E-state index is -0.278. The van der Waals surface area contributed by atoms with Crippen LogP contribution in [-0.4, -0.2) is 15.9 Å². The molecule has 1 heterocycles. The number of thioether (sulfide) groups is 1. The lowest BCUT2D eigenvalue weighted by atomic mass is 10.0. The first-order valence-corrected chi connectivity index (χ1v) is 7.61. The summed E-state index contributed by atoms with van der Waals surface area (Å²) in [6.07, 6.45) is 0.682. The van der Waals surface area contributed by atoms with Crippen LogP contribution < -0.4 is 0 Å². The Balaban J connectivity index is 2.03. The number of ketones is 1. The summed E-state index contributed by atoms with van der Waals surface area (Å²) >= 11 is 1.67. The molecular formula is C15H18N2O2S. The Bertz CT molecular complexity index is 595. The van der Waals surface area contributed by atoms with Gasteiger partial charge in [-0.25, -0.2) is 0 Å². The van der Waals surface area contributed by atoms with Crippen molar-refractivity contribution in [2.24, 2.45) is 0 Å². The van der Waals surface area contributed by atoms with Gasteiger partial charge in [0.05, 0.1) is 11.7 Å². The van der Waals surface area contributed by atoms with Crippen molar-refractivity contribution in [1.82, 2.24) is 10.1 Å². The number of hydrogen-bond acceptors (Lipinski definition) is 5. The number of carbonyl (C=O) groups excluding carboxylic acids is 1. The van der Waals surface area contributed by atoms with E-state index in [1.54, 1.807) is 18.7 Å². The summed E-state index contributed by atoms with van der Waals surface area (Å²) in [6, 6.07) is 8.18. The Morgan fingerprint density at radius 3 is 2.80 bits per heavy atom. The molecule has 0 spiro atoms. The molecule has 0 amide bonds. The van der Waals surface area contributed by atoms with Crippen molar-refractivity contribution in [2.75, 3.05) is 0 Å². The van der Waals surface area contributed by atoms with E-state index in [0.717, 1.165) is 0 Å². The summed E-state index contributed by atoms with van der Waals surface area (Å²) in [5.41, 5.74) is 1.23. The van der Waals surface area contributed by atoms with Gasteiger partial charge < -0.3 is 4.52 Å². The molecule has 2 aromatic rings. The molecule has 0 saturated heterocycles. The highest BCUT2D eigenvalue weighted by atomic mass is 32.2. The minimum Gasteiger partial charge on any atom is -0.339 e. The summed E-state index contributed by atoms with van der Waals surface area (Å²) in [5.74, 6) is 1.49. The average Bonchev–Trinajstić information content (AvgIpc) is 2.87. The van der Waals surface area contributed by atoms with Crippen molar-refractivity contribution >= 4 is 17.5 Å². The molecule has 0 aliphatic rings. The Morgan fingerprint density at radius 2 is 2.15 bits per heavy atom. The highest BCUT2D eigenvalue weighted by molar-refractivity contribution is 7.98. The molecule has 1 aromatic heterocycles. The molecule has 0 radical (unpaired) electrons. The van der Waals surface area contributed by atoms with Crippen molar-refractivity contribution in [1.29, 1.82) is 0 Å². The van der Waals surface area contributed by atoms with E-state index in [0.29, 0.717) is 23.9 Å². The van der Waals surface area contributed by atoms with Crippen molar-refractivity contribution < 1.29 is 9.32 Å². The zero-order valence-corrected chi connectivity index (χ0v) is 12.7. The number of hydrogen-bond donors (Lipinski definition) is 0. The first kappa shape index (κ1) is 14.8. The van der Waals surface area contributed by atoms with Gasteiger partial charge in [-0.05, 0) is 31.9 Å². The van der Waals surface area contributed by atoms with Crippen LogP contribution in [0.25, 0.3) is 0 Å². The first-order chi connectivity index (χ1) is 9.61. The zero-order valence-electron chi connectivity index (χ0n) is 11.9. The highest BCUT2D eigenvalue weighted by Crippen LogP contribution is 2.26. The van der Waals surface area contributed by atoms with Crippen LogP contribution in [0.3, 0.4) is 0 Å². The van der Waals surface area contributed by atoms with E-state index >= 15 is 0 Å². The van der Waals surface area contributed by atoms with Crippen LogP contribution in [0.1, 0.15) is 43.5 Å². The van der Waals surface area contributed by atoms with Crippen LogP contribution in [0.4, 0.5) is 0 Å². The van der Waals surface area contributed by atoms with Crippen LogP contribution in [0.15, 0.2) is 33.7 Å². The second-order valence-corrected chi connectivity index (χ2v) is 5.69. The van der Waals surface area contributed by atoms with Gasteiger partial charge in [-0.1, -0.05) is 30.3 Å². The predicted molar refractivity (Wildman–Crippen MR) is 78.8 cm³/mol. The maximum Gasteiger partial charge on any atom is 0.237 e. The summed E-state index contributed by atoms with van der Waals surface area (Å²) < 4.78 is 5.20. The lowest BCUT2D eigenvalue weighted by Gasteiger charge is -2.03. The molecule has 0 aliphatic heterocycles. The van der Waals surface area contributed by atoms with E-state index in [2.05, 4.69) is 29.2 Å². The van der Waals surface area contributed by atoms with Gasteiger partial charge in [-0.15, -0.1) is 11.8 Å². The van der Waals surface area contributed by atoms with Crippen LogP contribution in [-0.2, 0) is 10.5 Å². The summed E-state index contributed by atoms with van der Waals surface area (Å²) in [4.78, 5) is 17.0. The standard InChI is InChI=1S/C15H18N2O2S/c1-4-12(11(3)18)15-16-14(17-19-15)9-20-13-8-6-5-7-10(13)2/h5-8,12H,4,9H2,1-3H3. The van der Waals surface area contributed by atoms with Gasteiger partial charge in [-0.2, -0.15) is 4.98 Å². The van der Waals surface area contributed by atoms with Gasteiger partial charge in [0.15, 0.2) is 5.82 Å². The predicted octanol–water partition coefficient (Wildman–Crippen LogP) is 3.75. The number of aryl methyl sites for hydroxylation is 1. The number of Topliss-reactive ketones (excluding diaryl/α,β-unsaturated/α-hetero) is 1. The van der Waals surface area contributed by atoms with Crippen LogP contribution in [0.2, 0.25) is 0 Å². The fourth-order valence-electron chi connectivity index (χ4n) is 1.96. The molecule has 0 aliphatic carbocycles. The van der Waals surface area contributed by atoms with Gasteiger partial charge in [0.25, 0.3) is 0 Å². The molecule has 0 fully saturated rings. The van der Waals surface area contributed by atoms with Crippen LogP contribution >= 0.6 is 11.8 Å². The van der Waals surface area contributed by atoms with E-state index in [1.807, 2.05) is 19.1 Å². The average molecular weight is 290 g/mol. The summed E-state index contributed by atoms with van der Waals surface area (Å²) in [6.45, 7) is 5.57. The number of carbonyl (C=O) groups is 1. The van der Waals surface area contributed by atoms with E-state index in [1.165, 1.54) is 10.5 Å². The number of nitrogens with zero attached hydrogens (tertiary/aromatic N) is 2. The number of rotatable bonds is 6. The van der Waals surface area contributed by atoms with E-state index in [9.17, 15) is 4.79 Å². The Hall–Kier alpha value is -1.62. The maximum atomic E-state index is 11.5. The second-order valence-electron chi connectivity index (χ2n) is 4.67. The summed E-state index contributed by atoms with van der Waals surface area (Å²) in [5, 5.41) is 3.95. The SMILES string of the molecule is CCC(C(C)=O)c1nc(CSc2ccccc2C)no1. The Labute approximate surface area is 123 Å². The number of aromatic nitrogens is 2. The summed E-state index contributed by atoms with van der Waals surface area (Å²) in [7, 11) is 0. The molecule has 20 heavy (non-hydrogen) atoms. The van der Waals surface area contributed by atoms with E-state index in [4.69, 9.17) is 4.52 Å². The topological polar surface area (TPSA) is 56.0 Å². The monoisotopic (exact) mass is 290 g/mol. The third-order valence-corrected chi connectivity index (χ3v) is 4.30. The Kier molecular flexibility index (Phi) is 4.95. The van der Waals surface area contributed by atoms with E-state index < -0.39 is 0 Å². The third kappa shape index (κ3) is 3.48. The van der Waals surface area contributed by atoms with Crippen molar-refractivity contribution in [3.05, 3.63) is 41.5 Å². The molecular weight excluding hydrogens is 272 g/mol.